The minimum atomic E-state index is -0.591. The van der Waals surface area contributed by atoms with Gasteiger partial charge in [0.2, 0.25) is 0 Å². The monoisotopic (exact) mass is 1220 g/mol. The smallest absolute Gasteiger partial charge is 0.309 e. The van der Waals surface area contributed by atoms with E-state index in [0.29, 0.717) is 71.0 Å². The molecule has 9 heteroatoms. The van der Waals surface area contributed by atoms with E-state index in [0.717, 1.165) is 193 Å². The molecule has 28 atom stereocenters. The molecule has 16 aliphatic rings. The van der Waals surface area contributed by atoms with Gasteiger partial charge in [0.1, 0.15) is 18.3 Å². The summed E-state index contributed by atoms with van der Waals surface area (Å²) in [5.74, 6) is 6.35. The van der Waals surface area contributed by atoms with Crippen LogP contribution in [-0.2, 0) is 33.4 Å². The number of allylic oxidation sites excluding steroid dienone is 4. The highest BCUT2D eigenvalue weighted by Gasteiger charge is 2.66. The Kier molecular flexibility index (Phi) is 14.4. The Labute approximate surface area is 534 Å². The lowest BCUT2D eigenvalue weighted by atomic mass is 9.47. The number of carboxylic acids is 1. The quantitative estimate of drug-likeness (QED) is 0.145. The van der Waals surface area contributed by atoms with Gasteiger partial charge in [0.15, 0.2) is 0 Å². The van der Waals surface area contributed by atoms with Crippen LogP contribution in [0.15, 0.2) is 46.6 Å². The Balaban J connectivity index is 0.517. The van der Waals surface area contributed by atoms with Crippen molar-refractivity contribution in [2.24, 2.45) is 138 Å². The molecular weight excluding hydrogens is 1100 g/mol. The minimum absolute atomic E-state index is 0.000461. The SMILES string of the molecule is C[C@]12CC[C@H]3[C@@H](CC=C4C[C@@H](OC(=O)[C@H]5CC[C@H]6[C@@H]7CC=C8C[C@@H](OC(=O)[C@H]9CC[C@H]%10[C@@H]%11CC=C%12C[C@@H](OC(=O)[C@H]%13CC[C@H]%14[C@@H]%15CC=C%16C[C@@H](O)CC[C@]%16(C)[C@H]%15CC[C@]%13%14C)CC[C@]%12(C)[C@H]%11CC[C@]9%10C)CC[C@]8(C)[C@H]7CC[C@]56C)CC[C@@]43C)[C@@H]1CC[C@@H]2C(=O)O. The number of rotatable bonds is 7. The zero-order valence-corrected chi connectivity index (χ0v) is 56.2. The van der Waals surface area contributed by atoms with Crippen LogP contribution in [0.2, 0.25) is 0 Å². The number of esters is 3. The summed E-state index contributed by atoms with van der Waals surface area (Å²) in [7, 11) is 0. The molecule has 0 aliphatic heterocycles. The fraction of sp³-hybridized carbons (Fsp3) is 0.850. The van der Waals surface area contributed by atoms with Gasteiger partial charge in [-0.25, -0.2) is 0 Å². The topological polar surface area (TPSA) is 136 Å². The van der Waals surface area contributed by atoms with Gasteiger partial charge in [-0.3, -0.25) is 19.2 Å². The number of aliphatic hydroxyl groups excluding tert-OH is 1. The number of aliphatic hydroxyl groups is 1. The van der Waals surface area contributed by atoms with E-state index in [4.69, 9.17) is 14.2 Å². The van der Waals surface area contributed by atoms with Crippen LogP contribution >= 0.6 is 0 Å². The van der Waals surface area contributed by atoms with Crippen molar-refractivity contribution in [3.05, 3.63) is 46.6 Å². The maximum Gasteiger partial charge on any atom is 0.309 e. The number of carboxylic acid groups (broad SMARTS) is 1. The van der Waals surface area contributed by atoms with Crippen LogP contribution in [0.1, 0.15) is 261 Å². The number of hydrogen-bond donors (Lipinski definition) is 2. The van der Waals surface area contributed by atoms with Gasteiger partial charge < -0.3 is 24.4 Å². The molecule has 16 aliphatic carbocycles. The van der Waals surface area contributed by atoms with Crippen molar-refractivity contribution in [2.45, 2.75) is 285 Å². The lowest BCUT2D eigenvalue weighted by Gasteiger charge is -2.58. The average molecular weight is 1220 g/mol. The van der Waals surface area contributed by atoms with Crippen molar-refractivity contribution < 1.29 is 43.6 Å². The molecule has 9 nitrogen and oxygen atoms in total. The Morgan fingerprint density at radius 3 is 0.910 bits per heavy atom. The molecule has 12 saturated carbocycles. The van der Waals surface area contributed by atoms with E-state index in [1.165, 1.54) is 29.6 Å². The van der Waals surface area contributed by atoms with E-state index in [1.807, 2.05) is 0 Å². The van der Waals surface area contributed by atoms with Crippen molar-refractivity contribution in [1.82, 2.24) is 0 Å². The Morgan fingerprint density at radius 2 is 0.607 bits per heavy atom. The average Bonchev–Trinajstić information content (AvgIpc) is 1.73. The highest BCUT2D eigenvalue weighted by atomic mass is 16.6. The van der Waals surface area contributed by atoms with Crippen molar-refractivity contribution in [1.29, 1.82) is 0 Å². The number of fused-ring (bicyclic) bond motifs is 20. The fourth-order valence-corrected chi connectivity index (χ4v) is 29.1. The Hall–Kier alpha value is -3.20. The van der Waals surface area contributed by atoms with Gasteiger partial charge in [-0.15, -0.1) is 0 Å². The van der Waals surface area contributed by atoms with Crippen molar-refractivity contribution >= 4 is 23.9 Å². The molecule has 488 valence electrons. The van der Waals surface area contributed by atoms with Gasteiger partial charge in [0.05, 0.1) is 29.8 Å². The summed E-state index contributed by atoms with van der Waals surface area (Å²) in [6, 6.07) is 0. The van der Waals surface area contributed by atoms with E-state index in [-0.39, 0.29) is 109 Å². The molecule has 0 saturated heterocycles. The molecule has 0 aromatic heterocycles. The molecule has 16 rings (SSSR count). The van der Waals surface area contributed by atoms with Crippen molar-refractivity contribution in [2.75, 3.05) is 0 Å². The minimum Gasteiger partial charge on any atom is -0.481 e. The largest absolute Gasteiger partial charge is 0.481 e. The molecule has 0 spiro atoms. The van der Waals surface area contributed by atoms with Gasteiger partial charge in [-0.2, -0.15) is 0 Å². The van der Waals surface area contributed by atoms with E-state index in [2.05, 4.69) is 79.7 Å². The molecule has 0 unspecified atom stereocenters. The maximum atomic E-state index is 14.8. The molecule has 89 heavy (non-hydrogen) atoms. The fourth-order valence-electron chi connectivity index (χ4n) is 29.1. The number of ether oxygens (including phenoxy) is 3. The first-order chi connectivity index (χ1) is 42.4. The van der Waals surface area contributed by atoms with E-state index >= 15 is 0 Å². The molecule has 0 amide bonds. The molecule has 12 fully saturated rings. The second kappa shape index (κ2) is 21.1. The Bertz CT molecular complexity index is 3040. The maximum absolute atomic E-state index is 14.8. The third-order valence-corrected chi connectivity index (χ3v) is 34.3. The molecule has 2 N–H and O–H groups in total. The van der Waals surface area contributed by atoms with Crippen LogP contribution in [0.25, 0.3) is 0 Å². The molecule has 0 bridgehead atoms. The van der Waals surface area contributed by atoms with Gasteiger partial charge in [0.25, 0.3) is 0 Å². The first kappa shape index (κ1) is 60.7. The van der Waals surface area contributed by atoms with Crippen molar-refractivity contribution in [3.8, 4) is 0 Å². The summed E-state index contributed by atoms with van der Waals surface area (Å²) >= 11 is 0. The van der Waals surface area contributed by atoms with Crippen LogP contribution in [0.4, 0.5) is 0 Å². The number of hydrogen-bond acceptors (Lipinski definition) is 8. The predicted molar refractivity (Wildman–Crippen MR) is 344 cm³/mol. The first-order valence-corrected chi connectivity index (χ1v) is 37.7. The summed E-state index contributed by atoms with van der Waals surface area (Å²) in [5, 5.41) is 20.7. The number of carbonyl (C=O) groups excluding carboxylic acids is 3. The molecule has 0 aromatic carbocycles. The zero-order valence-electron chi connectivity index (χ0n) is 56.2. The highest BCUT2D eigenvalue weighted by molar-refractivity contribution is 5.76. The van der Waals surface area contributed by atoms with Crippen molar-refractivity contribution in [3.63, 3.8) is 0 Å². The lowest BCUT2D eigenvalue weighted by molar-refractivity contribution is -0.166. The normalized spacial score (nSPS) is 54.0. The second-order valence-corrected chi connectivity index (χ2v) is 36.9. The first-order valence-electron chi connectivity index (χ1n) is 37.7. The number of carbonyl (C=O) groups is 4. The van der Waals surface area contributed by atoms with Crippen LogP contribution in [0.5, 0.6) is 0 Å². The summed E-state index contributed by atoms with van der Waals surface area (Å²) in [5.41, 5.74) is 6.55. The molecular formula is C80H114O9. The zero-order chi connectivity index (χ0) is 61.7. The van der Waals surface area contributed by atoms with Crippen LogP contribution < -0.4 is 0 Å². The van der Waals surface area contributed by atoms with Crippen LogP contribution in [-0.4, -0.2) is 58.5 Å². The highest BCUT2D eigenvalue weighted by Crippen LogP contribution is 2.72. The third kappa shape index (κ3) is 8.82. The molecule has 0 radical (unpaired) electrons. The number of aliphatic carboxylic acids is 1. The van der Waals surface area contributed by atoms with E-state index in [9.17, 15) is 29.4 Å². The van der Waals surface area contributed by atoms with E-state index < -0.39 is 5.97 Å². The lowest BCUT2D eigenvalue weighted by Crippen LogP contribution is -2.52. The third-order valence-electron chi connectivity index (χ3n) is 34.3. The van der Waals surface area contributed by atoms with Crippen LogP contribution in [0.3, 0.4) is 0 Å². The summed E-state index contributed by atoms with van der Waals surface area (Å²) in [6.07, 6.45) is 42.8. The molecule has 0 aromatic rings. The van der Waals surface area contributed by atoms with E-state index in [1.54, 1.807) is 5.57 Å². The molecule has 0 heterocycles. The van der Waals surface area contributed by atoms with Gasteiger partial charge >= 0.3 is 23.9 Å². The second-order valence-electron chi connectivity index (χ2n) is 36.9. The van der Waals surface area contributed by atoms with Gasteiger partial charge in [-0.1, -0.05) is 102 Å². The summed E-state index contributed by atoms with van der Waals surface area (Å²) in [6.45, 7) is 19.8. The van der Waals surface area contributed by atoms with Gasteiger partial charge in [-0.05, 0) is 301 Å². The summed E-state index contributed by atoms with van der Waals surface area (Å²) < 4.78 is 20.2. The standard InChI is InChI=1S/C80H114O9/c1-73-33-25-49(81)41-45(73)9-13-54-58-18-22-66(78(58,6)38-30-61(54)73)70(84)88-51-27-35-75(3)47(43-51)11-15-56-60-20-24-68(80(60,8)40-32-63(56)75)72(86)89-52-28-36-76(4)48(44-52)12-16-55-59-19-23-67(79(59,7)39-31-64(55)76)71(85)87-50-26-34-74(2)46(42-50)10-14-53-57-17-21-65(69(82)83)77(57,5)37-29-62(53)74/h9-12,49-68,81H,13-44H2,1-8H3,(H,82,83)/t49-,50-,51-,52-,53-,54-,55-,56-,57-,58-,59-,60-,61-,62-,63-,64-,65+,66+,67+,68+,73-,74-,75-,76-,77-,78-,79-,80-/m0/s1. The van der Waals surface area contributed by atoms with Crippen LogP contribution in [0, 0.1) is 138 Å². The van der Waals surface area contributed by atoms with Gasteiger partial charge in [0, 0.05) is 19.3 Å². The Morgan fingerprint density at radius 1 is 0.337 bits per heavy atom. The summed E-state index contributed by atoms with van der Waals surface area (Å²) in [4.78, 5) is 56.1. The predicted octanol–water partition coefficient (Wildman–Crippen LogP) is 17.5.